The number of aromatic hydroxyl groups is 1. The van der Waals surface area contributed by atoms with Crippen LogP contribution in [0.2, 0.25) is 0 Å². The van der Waals surface area contributed by atoms with Gasteiger partial charge in [0.25, 0.3) is 0 Å². The van der Waals surface area contributed by atoms with Gasteiger partial charge in [0, 0.05) is 10.0 Å². The first kappa shape index (κ1) is 13.1. The van der Waals surface area contributed by atoms with Gasteiger partial charge in [-0.2, -0.15) is 5.10 Å². The van der Waals surface area contributed by atoms with Crippen molar-refractivity contribution in [3.63, 3.8) is 0 Å². The molecule has 0 aliphatic carbocycles. The van der Waals surface area contributed by atoms with E-state index in [-0.39, 0.29) is 5.75 Å². The Morgan fingerprint density at radius 3 is 2.68 bits per heavy atom. The summed E-state index contributed by atoms with van der Waals surface area (Å²) in [6.45, 7) is 0. The Bertz CT molecular complexity index is 959. The van der Waals surface area contributed by atoms with Crippen LogP contribution in [0.5, 0.6) is 5.75 Å². The topological polar surface area (TPSA) is 77.6 Å². The van der Waals surface area contributed by atoms with Crippen LogP contribution >= 0.6 is 15.9 Å². The Hall–Kier alpha value is -2.60. The van der Waals surface area contributed by atoms with E-state index in [1.165, 1.54) is 0 Å². The van der Waals surface area contributed by atoms with Crippen LogP contribution in [0.3, 0.4) is 0 Å². The zero-order chi connectivity index (χ0) is 15.1. The van der Waals surface area contributed by atoms with E-state index < -0.39 is 0 Å². The van der Waals surface area contributed by atoms with Crippen LogP contribution in [0.15, 0.2) is 53.0 Å². The van der Waals surface area contributed by atoms with Gasteiger partial charge in [-0.25, -0.2) is 4.98 Å². The van der Waals surface area contributed by atoms with Gasteiger partial charge in [0.1, 0.15) is 5.69 Å². The zero-order valence-electron chi connectivity index (χ0n) is 11.3. The van der Waals surface area contributed by atoms with Crippen molar-refractivity contribution in [1.82, 2.24) is 20.2 Å². The molecule has 2 aromatic heterocycles. The maximum absolute atomic E-state index is 10.5. The lowest BCUT2D eigenvalue weighted by Gasteiger charge is -1.97. The number of aromatic amines is 2. The summed E-state index contributed by atoms with van der Waals surface area (Å²) in [5.41, 5.74) is 3.57. The molecule has 0 unspecified atom stereocenters. The fraction of sp³-hybridized carbons (Fsp3) is 0. The minimum absolute atomic E-state index is 0.0873. The minimum Gasteiger partial charge on any atom is -0.504 e. The van der Waals surface area contributed by atoms with Gasteiger partial charge in [-0.05, 0) is 18.2 Å². The van der Waals surface area contributed by atoms with Crippen molar-refractivity contribution in [2.45, 2.75) is 0 Å². The van der Waals surface area contributed by atoms with Crippen molar-refractivity contribution in [2.75, 3.05) is 0 Å². The first-order chi connectivity index (χ1) is 10.7. The number of hydrogen-bond acceptors (Lipinski definition) is 3. The average Bonchev–Trinajstić information content (AvgIpc) is 3.10. The molecular weight excluding hydrogens is 344 g/mol. The Morgan fingerprint density at radius 2 is 1.86 bits per heavy atom. The van der Waals surface area contributed by atoms with Crippen molar-refractivity contribution >= 4 is 27.0 Å². The number of rotatable bonds is 2. The molecule has 6 heteroatoms. The Labute approximate surface area is 134 Å². The molecule has 2 aromatic carbocycles. The zero-order valence-corrected chi connectivity index (χ0v) is 12.9. The van der Waals surface area contributed by atoms with E-state index in [4.69, 9.17) is 0 Å². The molecule has 5 nitrogen and oxygen atoms in total. The molecule has 0 radical (unpaired) electrons. The smallest absolute Gasteiger partial charge is 0.172 e. The fourth-order valence-electron chi connectivity index (χ4n) is 2.40. The lowest BCUT2D eigenvalue weighted by atomic mass is 10.1. The number of hydrogen-bond donors (Lipinski definition) is 3. The molecule has 0 aliphatic heterocycles. The highest BCUT2D eigenvalue weighted by Crippen LogP contribution is 2.35. The predicted molar refractivity (Wildman–Crippen MR) is 88.5 cm³/mol. The summed E-state index contributed by atoms with van der Waals surface area (Å²) in [7, 11) is 0. The molecule has 0 spiro atoms. The van der Waals surface area contributed by atoms with Gasteiger partial charge in [0.2, 0.25) is 0 Å². The van der Waals surface area contributed by atoms with Crippen LogP contribution in [0.4, 0.5) is 0 Å². The van der Waals surface area contributed by atoms with E-state index in [1.807, 2.05) is 48.5 Å². The third kappa shape index (κ3) is 2.08. The molecule has 2 heterocycles. The maximum atomic E-state index is 10.5. The number of fused-ring (bicyclic) bond motifs is 1. The van der Waals surface area contributed by atoms with E-state index in [2.05, 4.69) is 36.1 Å². The highest BCUT2D eigenvalue weighted by molar-refractivity contribution is 9.10. The van der Waals surface area contributed by atoms with Crippen LogP contribution < -0.4 is 0 Å². The molecule has 108 valence electrons. The Balaban J connectivity index is 1.84. The number of nitrogens with zero attached hydrogens (tertiary/aromatic N) is 2. The van der Waals surface area contributed by atoms with Crippen LogP contribution in [0.1, 0.15) is 0 Å². The van der Waals surface area contributed by atoms with Crippen molar-refractivity contribution in [1.29, 1.82) is 0 Å². The standard InChI is InChI=1S/C16H11BrN4O/c17-10-6-7-11-12(8-10)19-16(18-11)14-15(22)13(20-21-14)9-4-2-1-3-5-9/h1-8,22H,(H,18,19)(H,20,21). The van der Waals surface area contributed by atoms with Gasteiger partial charge in [-0.15, -0.1) is 0 Å². The lowest BCUT2D eigenvalue weighted by Crippen LogP contribution is -1.80. The number of benzene rings is 2. The van der Waals surface area contributed by atoms with Crippen molar-refractivity contribution in [3.8, 4) is 28.5 Å². The van der Waals surface area contributed by atoms with Gasteiger partial charge in [0.15, 0.2) is 17.3 Å². The second-order valence-corrected chi connectivity index (χ2v) is 5.82. The molecule has 0 bridgehead atoms. The van der Waals surface area contributed by atoms with Gasteiger partial charge in [0.05, 0.1) is 11.0 Å². The van der Waals surface area contributed by atoms with Crippen LogP contribution in [0, 0.1) is 0 Å². The number of halogens is 1. The van der Waals surface area contributed by atoms with Crippen LogP contribution in [0.25, 0.3) is 33.8 Å². The van der Waals surface area contributed by atoms with E-state index in [0.717, 1.165) is 21.1 Å². The predicted octanol–water partition coefficient (Wildman–Crippen LogP) is 4.09. The second-order valence-electron chi connectivity index (χ2n) is 4.91. The van der Waals surface area contributed by atoms with Crippen LogP contribution in [-0.2, 0) is 0 Å². The van der Waals surface area contributed by atoms with Crippen molar-refractivity contribution in [2.24, 2.45) is 0 Å². The normalized spacial score (nSPS) is 11.1. The second kappa shape index (κ2) is 4.99. The summed E-state index contributed by atoms with van der Waals surface area (Å²) in [5, 5.41) is 17.5. The van der Waals surface area contributed by atoms with Crippen molar-refractivity contribution in [3.05, 3.63) is 53.0 Å². The summed E-state index contributed by atoms with van der Waals surface area (Å²) in [6, 6.07) is 15.3. The molecule has 4 aromatic rings. The number of imidazole rings is 1. The first-order valence-electron chi connectivity index (χ1n) is 6.71. The summed E-state index contributed by atoms with van der Waals surface area (Å²) in [6.07, 6.45) is 0. The number of nitrogens with one attached hydrogen (secondary N) is 2. The highest BCUT2D eigenvalue weighted by atomic mass is 79.9. The van der Waals surface area contributed by atoms with E-state index in [1.54, 1.807) is 0 Å². The Morgan fingerprint density at radius 1 is 1.05 bits per heavy atom. The summed E-state index contributed by atoms with van der Waals surface area (Å²) >= 11 is 3.43. The molecule has 22 heavy (non-hydrogen) atoms. The highest BCUT2D eigenvalue weighted by Gasteiger charge is 2.18. The number of H-pyrrole nitrogens is 2. The minimum atomic E-state index is 0.0873. The maximum Gasteiger partial charge on any atom is 0.172 e. The summed E-state index contributed by atoms with van der Waals surface area (Å²) < 4.78 is 0.964. The summed E-state index contributed by atoms with van der Waals surface area (Å²) in [5.74, 6) is 0.619. The molecule has 0 aliphatic rings. The molecule has 0 atom stereocenters. The van der Waals surface area contributed by atoms with Gasteiger partial charge in [-0.1, -0.05) is 46.3 Å². The van der Waals surface area contributed by atoms with Gasteiger partial charge < -0.3 is 10.1 Å². The van der Waals surface area contributed by atoms with Gasteiger partial charge >= 0.3 is 0 Å². The average molecular weight is 355 g/mol. The largest absolute Gasteiger partial charge is 0.504 e. The van der Waals surface area contributed by atoms with Crippen molar-refractivity contribution < 1.29 is 5.11 Å². The number of aromatic nitrogens is 4. The quantitative estimate of drug-likeness (QED) is 0.507. The SMILES string of the molecule is Oc1c(-c2nc3ccc(Br)cc3[nH]2)n[nH]c1-c1ccccc1. The molecular formula is C16H11BrN4O. The third-order valence-corrected chi connectivity index (χ3v) is 3.96. The first-order valence-corrected chi connectivity index (χ1v) is 7.50. The lowest BCUT2D eigenvalue weighted by molar-refractivity contribution is 0.479. The summed E-state index contributed by atoms with van der Waals surface area (Å²) in [4.78, 5) is 7.65. The molecule has 0 saturated heterocycles. The van der Waals surface area contributed by atoms with E-state index in [9.17, 15) is 5.11 Å². The third-order valence-electron chi connectivity index (χ3n) is 3.47. The Kier molecular flexibility index (Phi) is 2.97. The fourth-order valence-corrected chi connectivity index (χ4v) is 2.76. The molecule has 0 fully saturated rings. The van der Waals surface area contributed by atoms with Crippen LogP contribution in [-0.4, -0.2) is 25.3 Å². The van der Waals surface area contributed by atoms with E-state index >= 15 is 0 Å². The molecule has 4 rings (SSSR count). The monoisotopic (exact) mass is 354 g/mol. The molecule has 0 amide bonds. The molecule has 0 saturated carbocycles. The van der Waals surface area contributed by atoms with Gasteiger partial charge in [-0.3, -0.25) is 5.10 Å². The van der Waals surface area contributed by atoms with E-state index in [0.29, 0.717) is 17.2 Å². The molecule has 3 N–H and O–H groups in total.